The van der Waals surface area contributed by atoms with Gasteiger partial charge in [0.1, 0.15) is 12.4 Å². The SMILES string of the molecule is CCCCn1cc[n+](CCCCn2cccc2)c1. The van der Waals surface area contributed by atoms with Gasteiger partial charge in [0.15, 0.2) is 0 Å². The zero-order valence-corrected chi connectivity index (χ0v) is 11.3. The van der Waals surface area contributed by atoms with Gasteiger partial charge in [0.05, 0.1) is 13.1 Å². The first-order chi connectivity index (χ1) is 8.88. The largest absolute Gasteiger partial charge is 0.354 e. The predicted molar refractivity (Wildman–Crippen MR) is 73.2 cm³/mol. The van der Waals surface area contributed by atoms with Gasteiger partial charge in [0.25, 0.3) is 0 Å². The van der Waals surface area contributed by atoms with Gasteiger partial charge in [-0.3, -0.25) is 0 Å². The van der Waals surface area contributed by atoms with Crippen LogP contribution in [0, 0.1) is 0 Å². The molecule has 0 radical (unpaired) electrons. The number of imidazole rings is 1. The van der Waals surface area contributed by atoms with Crippen LogP contribution in [-0.2, 0) is 19.6 Å². The number of unbranched alkanes of at least 4 members (excludes halogenated alkanes) is 2. The highest BCUT2D eigenvalue weighted by atomic mass is 15.1. The number of aromatic nitrogens is 3. The Labute approximate surface area is 110 Å². The summed E-state index contributed by atoms with van der Waals surface area (Å²) in [6.07, 6.45) is 15.9. The lowest BCUT2D eigenvalue weighted by atomic mass is 10.3. The molecule has 2 rings (SSSR count). The molecule has 2 aromatic rings. The molecular formula is C15H24N3+. The van der Waals surface area contributed by atoms with Crippen molar-refractivity contribution in [3.63, 3.8) is 0 Å². The number of hydrogen-bond acceptors (Lipinski definition) is 0. The summed E-state index contributed by atoms with van der Waals surface area (Å²) in [5, 5.41) is 0. The highest BCUT2D eigenvalue weighted by Gasteiger charge is 2.02. The van der Waals surface area contributed by atoms with Gasteiger partial charge in [-0.2, -0.15) is 0 Å². The summed E-state index contributed by atoms with van der Waals surface area (Å²) in [4.78, 5) is 0. The second-order valence-corrected chi connectivity index (χ2v) is 4.87. The average Bonchev–Trinajstić information content (AvgIpc) is 3.04. The van der Waals surface area contributed by atoms with Crippen LogP contribution in [0.3, 0.4) is 0 Å². The van der Waals surface area contributed by atoms with Gasteiger partial charge in [-0.25, -0.2) is 9.13 Å². The fraction of sp³-hybridized carbons (Fsp3) is 0.533. The third kappa shape index (κ3) is 4.06. The van der Waals surface area contributed by atoms with Gasteiger partial charge in [-0.05, 0) is 31.4 Å². The molecule has 0 atom stereocenters. The molecule has 18 heavy (non-hydrogen) atoms. The van der Waals surface area contributed by atoms with E-state index in [2.05, 4.69) is 63.9 Å². The molecule has 0 aliphatic heterocycles. The van der Waals surface area contributed by atoms with Crippen LogP contribution in [0.1, 0.15) is 32.6 Å². The minimum atomic E-state index is 1.13. The lowest BCUT2D eigenvalue weighted by Gasteiger charge is -2.01. The van der Waals surface area contributed by atoms with Crippen LogP contribution in [0.25, 0.3) is 0 Å². The zero-order chi connectivity index (χ0) is 12.6. The summed E-state index contributed by atoms with van der Waals surface area (Å²) in [5.41, 5.74) is 0. The summed E-state index contributed by atoms with van der Waals surface area (Å²) in [5.74, 6) is 0. The standard InChI is InChI=1S/C15H24N3/c1-2-3-8-17-13-14-18(15-17)12-7-6-11-16-9-4-5-10-16/h4-5,9-10,13-15H,2-3,6-8,11-12H2,1H3/q+1. The number of hydrogen-bond donors (Lipinski definition) is 0. The van der Waals surface area contributed by atoms with Gasteiger partial charge < -0.3 is 4.57 Å². The van der Waals surface area contributed by atoms with E-state index in [1.54, 1.807) is 0 Å². The predicted octanol–water partition coefficient (Wildman–Crippen LogP) is 2.86. The smallest absolute Gasteiger partial charge is 0.243 e. The first kappa shape index (κ1) is 12.9. The van der Waals surface area contributed by atoms with Gasteiger partial charge in [0, 0.05) is 18.9 Å². The minimum Gasteiger partial charge on any atom is -0.354 e. The van der Waals surface area contributed by atoms with Crippen molar-refractivity contribution in [2.24, 2.45) is 0 Å². The lowest BCUT2D eigenvalue weighted by molar-refractivity contribution is -0.696. The van der Waals surface area contributed by atoms with E-state index in [4.69, 9.17) is 0 Å². The van der Waals surface area contributed by atoms with Gasteiger partial charge in [-0.15, -0.1) is 0 Å². The highest BCUT2D eigenvalue weighted by Crippen LogP contribution is 1.98. The zero-order valence-electron chi connectivity index (χ0n) is 11.3. The molecule has 0 saturated carbocycles. The van der Waals surface area contributed by atoms with Crippen molar-refractivity contribution in [3.8, 4) is 0 Å². The summed E-state index contributed by atoms with van der Waals surface area (Å²) in [7, 11) is 0. The Balaban J connectivity index is 1.65. The van der Waals surface area contributed by atoms with E-state index in [0.29, 0.717) is 0 Å². The van der Waals surface area contributed by atoms with Crippen LogP contribution < -0.4 is 4.57 Å². The second kappa shape index (κ2) is 7.04. The van der Waals surface area contributed by atoms with E-state index in [0.717, 1.165) is 19.6 Å². The first-order valence-corrected chi connectivity index (χ1v) is 7.04. The molecular weight excluding hydrogens is 222 g/mol. The Bertz CT molecular complexity index is 428. The van der Waals surface area contributed by atoms with E-state index >= 15 is 0 Å². The molecule has 0 aromatic carbocycles. The van der Waals surface area contributed by atoms with Crippen LogP contribution in [0.2, 0.25) is 0 Å². The molecule has 2 aromatic heterocycles. The van der Waals surface area contributed by atoms with Crippen LogP contribution in [0.4, 0.5) is 0 Å². The Hall–Kier alpha value is -1.51. The summed E-state index contributed by atoms with van der Waals surface area (Å²) in [6.45, 7) is 5.64. The number of nitrogens with zero attached hydrogens (tertiary/aromatic N) is 3. The van der Waals surface area contributed by atoms with Crippen molar-refractivity contribution < 1.29 is 4.57 Å². The van der Waals surface area contributed by atoms with Crippen molar-refractivity contribution in [3.05, 3.63) is 43.2 Å². The Morgan fingerprint density at radius 3 is 2.44 bits per heavy atom. The summed E-state index contributed by atoms with van der Waals surface area (Å²) >= 11 is 0. The average molecular weight is 246 g/mol. The van der Waals surface area contributed by atoms with Gasteiger partial charge >= 0.3 is 0 Å². The van der Waals surface area contributed by atoms with Crippen LogP contribution in [-0.4, -0.2) is 9.13 Å². The lowest BCUT2D eigenvalue weighted by Crippen LogP contribution is -2.31. The van der Waals surface area contributed by atoms with Crippen molar-refractivity contribution >= 4 is 0 Å². The molecule has 3 heteroatoms. The van der Waals surface area contributed by atoms with Gasteiger partial charge in [-0.1, -0.05) is 13.3 Å². The van der Waals surface area contributed by atoms with Crippen molar-refractivity contribution in [1.82, 2.24) is 9.13 Å². The van der Waals surface area contributed by atoms with Crippen LogP contribution in [0.15, 0.2) is 43.2 Å². The molecule has 0 bridgehead atoms. The molecule has 0 spiro atoms. The van der Waals surface area contributed by atoms with Crippen molar-refractivity contribution in [2.75, 3.05) is 0 Å². The molecule has 0 unspecified atom stereocenters. The topological polar surface area (TPSA) is 13.7 Å². The molecule has 0 aliphatic carbocycles. The third-order valence-electron chi connectivity index (χ3n) is 3.26. The normalized spacial score (nSPS) is 10.9. The van der Waals surface area contributed by atoms with E-state index in [1.165, 1.54) is 25.7 Å². The van der Waals surface area contributed by atoms with Crippen molar-refractivity contribution in [1.29, 1.82) is 0 Å². The van der Waals surface area contributed by atoms with E-state index in [1.807, 2.05) is 0 Å². The Morgan fingerprint density at radius 2 is 1.67 bits per heavy atom. The molecule has 0 aliphatic rings. The quantitative estimate of drug-likeness (QED) is 0.502. The maximum atomic E-state index is 2.30. The summed E-state index contributed by atoms with van der Waals surface area (Å²) < 4.78 is 6.83. The van der Waals surface area contributed by atoms with E-state index in [9.17, 15) is 0 Å². The molecule has 0 N–H and O–H groups in total. The fourth-order valence-electron chi connectivity index (χ4n) is 2.15. The van der Waals surface area contributed by atoms with E-state index < -0.39 is 0 Å². The fourth-order valence-corrected chi connectivity index (χ4v) is 2.15. The molecule has 0 saturated heterocycles. The van der Waals surface area contributed by atoms with Crippen LogP contribution in [0.5, 0.6) is 0 Å². The summed E-state index contributed by atoms with van der Waals surface area (Å²) in [6, 6.07) is 4.17. The molecule has 3 nitrogen and oxygen atoms in total. The maximum Gasteiger partial charge on any atom is 0.243 e. The highest BCUT2D eigenvalue weighted by molar-refractivity contribution is 4.89. The molecule has 0 fully saturated rings. The van der Waals surface area contributed by atoms with Crippen LogP contribution >= 0.6 is 0 Å². The Kier molecular flexibility index (Phi) is 5.06. The maximum absolute atomic E-state index is 2.30. The Morgan fingerprint density at radius 1 is 0.889 bits per heavy atom. The minimum absolute atomic E-state index is 1.13. The third-order valence-corrected chi connectivity index (χ3v) is 3.26. The molecule has 2 heterocycles. The second-order valence-electron chi connectivity index (χ2n) is 4.87. The molecule has 0 amide bonds. The van der Waals surface area contributed by atoms with E-state index in [-0.39, 0.29) is 0 Å². The van der Waals surface area contributed by atoms with Gasteiger partial charge in [0.2, 0.25) is 6.33 Å². The van der Waals surface area contributed by atoms with Crippen molar-refractivity contribution in [2.45, 2.75) is 52.2 Å². The number of aryl methyl sites for hydroxylation is 3. The number of rotatable bonds is 8. The molecule has 98 valence electrons. The first-order valence-electron chi connectivity index (χ1n) is 7.04. The monoisotopic (exact) mass is 246 g/mol.